The monoisotopic (exact) mass is 282 g/mol. The van der Waals surface area contributed by atoms with Gasteiger partial charge in [0.1, 0.15) is 5.75 Å². The molecule has 0 aliphatic heterocycles. The highest BCUT2D eigenvalue weighted by atomic mass is 28.4. The summed E-state index contributed by atoms with van der Waals surface area (Å²) in [5.74, 6) is -8.26. The lowest BCUT2D eigenvalue weighted by Crippen LogP contribution is -2.39. The van der Waals surface area contributed by atoms with Gasteiger partial charge in [-0.2, -0.15) is 4.39 Å². The third kappa shape index (κ3) is 3.72. The van der Waals surface area contributed by atoms with Gasteiger partial charge in [0.15, 0.2) is 20.0 Å². The third-order valence-corrected chi connectivity index (χ3v) is 2.66. The Bertz CT molecular complexity index is 452. The van der Waals surface area contributed by atoms with Gasteiger partial charge in [0, 0.05) is 6.07 Å². The molecule has 0 aliphatic carbocycles. The minimum atomic E-state index is -2.19. The van der Waals surface area contributed by atoms with Crippen LogP contribution in [0.25, 0.3) is 0 Å². The van der Waals surface area contributed by atoms with Gasteiger partial charge in [-0.15, -0.1) is 0 Å². The second-order valence-electron chi connectivity index (χ2n) is 4.45. The van der Waals surface area contributed by atoms with E-state index in [1.807, 2.05) is 0 Å². The van der Waals surface area contributed by atoms with E-state index >= 15 is 0 Å². The van der Waals surface area contributed by atoms with Crippen LogP contribution in [-0.4, -0.2) is 20.7 Å². The minimum absolute atomic E-state index is 0.296. The maximum Gasteiger partial charge on any atom is 0.699 e. The summed E-state index contributed by atoms with van der Waals surface area (Å²) in [5, 5.41) is 9.30. The summed E-state index contributed by atoms with van der Waals surface area (Å²) in [6, 6.07) is 0.296. The standard InChI is InChI=1S/C9H11BF4O3Si/c1-18(2,3)17-10(15)16-6-4-5(11)7(12)9(14)8(6)13/h4,15H,1-3H3. The first-order chi connectivity index (χ1) is 8.11. The Balaban J connectivity index is 2.92. The van der Waals surface area contributed by atoms with Crippen molar-refractivity contribution in [1.82, 2.24) is 0 Å². The van der Waals surface area contributed by atoms with Gasteiger partial charge < -0.3 is 14.0 Å². The highest BCUT2D eigenvalue weighted by Gasteiger charge is 2.30. The van der Waals surface area contributed by atoms with Gasteiger partial charge in [0.25, 0.3) is 0 Å². The van der Waals surface area contributed by atoms with Gasteiger partial charge in [-0.1, -0.05) is 0 Å². The lowest BCUT2D eigenvalue weighted by molar-refractivity contribution is 0.282. The summed E-state index contributed by atoms with van der Waals surface area (Å²) in [4.78, 5) is 0. The Morgan fingerprint density at radius 2 is 1.61 bits per heavy atom. The van der Waals surface area contributed by atoms with E-state index in [1.54, 1.807) is 19.6 Å². The Morgan fingerprint density at radius 1 is 1.06 bits per heavy atom. The van der Waals surface area contributed by atoms with E-state index in [0.717, 1.165) is 0 Å². The molecule has 0 amide bonds. The van der Waals surface area contributed by atoms with Crippen LogP contribution < -0.4 is 4.65 Å². The van der Waals surface area contributed by atoms with Crippen molar-refractivity contribution in [2.24, 2.45) is 0 Å². The number of benzene rings is 1. The minimum Gasteiger partial charge on any atom is -0.510 e. The predicted octanol–water partition coefficient (Wildman–Crippen LogP) is 2.45. The molecule has 1 aromatic carbocycles. The van der Waals surface area contributed by atoms with E-state index in [-0.39, 0.29) is 0 Å². The Kier molecular flexibility index (Phi) is 4.41. The Labute approximate surface area is 103 Å². The molecule has 1 rings (SSSR count). The Hall–Kier alpha value is -1.06. The van der Waals surface area contributed by atoms with Crippen LogP contribution in [0.3, 0.4) is 0 Å². The van der Waals surface area contributed by atoms with E-state index < -0.39 is 44.7 Å². The highest BCUT2D eigenvalue weighted by Crippen LogP contribution is 2.25. The van der Waals surface area contributed by atoms with Crippen LogP contribution in [0.5, 0.6) is 5.75 Å². The van der Waals surface area contributed by atoms with Gasteiger partial charge >= 0.3 is 7.32 Å². The first kappa shape index (κ1) is 15.0. The zero-order valence-corrected chi connectivity index (χ0v) is 10.9. The van der Waals surface area contributed by atoms with Gasteiger partial charge in [0.05, 0.1) is 0 Å². The molecule has 100 valence electrons. The lowest BCUT2D eigenvalue weighted by Gasteiger charge is -2.19. The lowest BCUT2D eigenvalue weighted by atomic mass is 10.2. The molecule has 1 N–H and O–H groups in total. The topological polar surface area (TPSA) is 38.7 Å². The molecule has 1 aromatic rings. The number of halogens is 4. The van der Waals surface area contributed by atoms with Crippen molar-refractivity contribution >= 4 is 15.6 Å². The second-order valence-corrected chi connectivity index (χ2v) is 8.91. The quantitative estimate of drug-likeness (QED) is 0.399. The molecule has 0 spiro atoms. The molecular weight excluding hydrogens is 271 g/mol. The van der Waals surface area contributed by atoms with E-state index in [1.165, 1.54) is 0 Å². The summed E-state index contributed by atoms with van der Waals surface area (Å²) >= 11 is 0. The summed E-state index contributed by atoms with van der Waals surface area (Å²) in [7, 11) is -4.07. The molecule has 0 unspecified atom stereocenters. The summed E-state index contributed by atoms with van der Waals surface area (Å²) in [6.45, 7) is 5.13. The fourth-order valence-electron chi connectivity index (χ4n) is 1.07. The molecule has 0 saturated heterocycles. The molecule has 0 bridgehead atoms. The maximum absolute atomic E-state index is 13.2. The van der Waals surface area contributed by atoms with Crippen LogP contribution in [0.15, 0.2) is 6.07 Å². The Morgan fingerprint density at radius 3 is 2.11 bits per heavy atom. The van der Waals surface area contributed by atoms with Crippen molar-refractivity contribution in [2.75, 3.05) is 0 Å². The largest absolute Gasteiger partial charge is 0.699 e. The smallest absolute Gasteiger partial charge is 0.510 e. The fraction of sp³-hybridized carbons (Fsp3) is 0.333. The van der Waals surface area contributed by atoms with Gasteiger partial charge in [-0.25, -0.2) is 13.2 Å². The zero-order chi connectivity index (χ0) is 14.1. The van der Waals surface area contributed by atoms with Crippen LogP contribution in [0.2, 0.25) is 19.6 Å². The number of rotatable bonds is 4. The van der Waals surface area contributed by atoms with Crippen molar-refractivity contribution in [3.63, 3.8) is 0 Å². The SMILES string of the molecule is C[Si](C)(C)OB(O)Oc1cc(F)c(F)c(F)c1F. The van der Waals surface area contributed by atoms with Crippen LogP contribution in [0, 0.1) is 23.3 Å². The average Bonchev–Trinajstić information content (AvgIpc) is 2.20. The predicted molar refractivity (Wildman–Crippen MR) is 59.3 cm³/mol. The molecule has 18 heavy (non-hydrogen) atoms. The first-order valence-electron chi connectivity index (χ1n) is 4.97. The molecule has 0 saturated carbocycles. The van der Waals surface area contributed by atoms with Crippen LogP contribution in [0.4, 0.5) is 17.6 Å². The summed E-state index contributed by atoms with van der Waals surface area (Å²) in [5.41, 5.74) is 0. The first-order valence-corrected chi connectivity index (χ1v) is 8.38. The normalized spacial score (nSPS) is 11.6. The van der Waals surface area contributed by atoms with Crippen molar-refractivity contribution in [3.8, 4) is 5.75 Å². The van der Waals surface area contributed by atoms with E-state index in [2.05, 4.69) is 4.65 Å². The van der Waals surface area contributed by atoms with Crippen molar-refractivity contribution < 1.29 is 31.6 Å². The molecule has 0 aromatic heterocycles. The van der Waals surface area contributed by atoms with E-state index in [9.17, 15) is 22.6 Å². The average molecular weight is 282 g/mol. The van der Waals surface area contributed by atoms with Crippen molar-refractivity contribution in [1.29, 1.82) is 0 Å². The van der Waals surface area contributed by atoms with E-state index in [0.29, 0.717) is 6.07 Å². The zero-order valence-electron chi connectivity index (χ0n) is 9.93. The van der Waals surface area contributed by atoms with E-state index in [4.69, 9.17) is 4.34 Å². The van der Waals surface area contributed by atoms with Gasteiger partial charge in [-0.05, 0) is 19.6 Å². The molecular formula is C9H11BF4O3Si. The molecule has 0 atom stereocenters. The molecule has 0 aliphatic rings. The number of hydrogen-bond donors (Lipinski definition) is 1. The summed E-state index contributed by atoms with van der Waals surface area (Å²) < 4.78 is 61.0. The van der Waals surface area contributed by atoms with Crippen LogP contribution in [-0.2, 0) is 4.34 Å². The van der Waals surface area contributed by atoms with Crippen molar-refractivity contribution in [3.05, 3.63) is 29.3 Å². The second kappa shape index (κ2) is 5.29. The fourth-order valence-corrected chi connectivity index (χ4v) is 1.73. The third-order valence-electron chi connectivity index (χ3n) is 1.75. The molecule has 0 radical (unpaired) electrons. The highest BCUT2D eigenvalue weighted by molar-refractivity contribution is 6.74. The van der Waals surface area contributed by atoms with Crippen LogP contribution >= 0.6 is 0 Å². The van der Waals surface area contributed by atoms with Crippen molar-refractivity contribution in [2.45, 2.75) is 19.6 Å². The molecule has 3 nitrogen and oxygen atoms in total. The van der Waals surface area contributed by atoms with Crippen LogP contribution in [0.1, 0.15) is 0 Å². The molecule has 0 fully saturated rings. The summed E-state index contributed by atoms with van der Waals surface area (Å²) in [6.07, 6.45) is 0. The number of hydrogen-bond acceptors (Lipinski definition) is 3. The molecule has 9 heteroatoms. The maximum atomic E-state index is 13.2. The van der Waals surface area contributed by atoms with Gasteiger partial charge in [-0.3, -0.25) is 0 Å². The van der Waals surface area contributed by atoms with Gasteiger partial charge in [0.2, 0.25) is 11.6 Å². The molecule has 0 heterocycles.